The van der Waals surface area contributed by atoms with Gasteiger partial charge in [-0.25, -0.2) is 0 Å². The van der Waals surface area contributed by atoms with E-state index in [1.54, 1.807) is 12.1 Å². The van der Waals surface area contributed by atoms with E-state index in [1.165, 1.54) is 37.6 Å². The number of hydrogen-bond donors (Lipinski definition) is 2. The van der Waals surface area contributed by atoms with Crippen LogP contribution in [0.4, 0.5) is 4.39 Å². The van der Waals surface area contributed by atoms with Crippen LogP contribution in [-0.4, -0.2) is 39.7 Å². The number of allylic oxidation sites excluding steroid dienone is 10. The maximum atomic E-state index is 13.7. The molecule has 0 amide bonds. The number of halogens is 1. The van der Waals surface area contributed by atoms with Crippen LogP contribution in [0.1, 0.15) is 62.7 Å². The van der Waals surface area contributed by atoms with Gasteiger partial charge in [0.1, 0.15) is 5.69 Å². The van der Waals surface area contributed by atoms with Crippen LogP contribution < -0.4 is 5.32 Å². The highest BCUT2D eigenvalue weighted by atomic mass is 32.1. The Kier molecular flexibility index (Phi) is 10.4. The van der Waals surface area contributed by atoms with Crippen LogP contribution in [0, 0.1) is 5.13 Å². The first-order valence-electron chi connectivity index (χ1n) is 14.1. The van der Waals surface area contributed by atoms with Crippen molar-refractivity contribution in [1.82, 2.24) is 25.4 Å². The third-order valence-electron chi connectivity index (χ3n) is 7.51. The molecule has 0 radical (unpaired) electrons. The van der Waals surface area contributed by atoms with E-state index in [0.717, 1.165) is 80.3 Å². The van der Waals surface area contributed by atoms with Crippen molar-refractivity contribution in [2.75, 3.05) is 19.6 Å². The molecule has 214 valence electrons. The summed E-state index contributed by atoms with van der Waals surface area (Å²) in [6.07, 6.45) is 16.4. The highest BCUT2D eigenvalue weighted by Crippen LogP contribution is 2.31. The molecule has 3 aromatic heterocycles. The van der Waals surface area contributed by atoms with E-state index in [1.807, 2.05) is 39.1 Å². The normalized spacial score (nSPS) is 15.8. The van der Waals surface area contributed by atoms with Crippen LogP contribution in [0.3, 0.4) is 0 Å². The summed E-state index contributed by atoms with van der Waals surface area (Å²) >= 11 is 1.11. The van der Waals surface area contributed by atoms with Gasteiger partial charge >= 0.3 is 0 Å². The predicted molar refractivity (Wildman–Crippen MR) is 174 cm³/mol. The van der Waals surface area contributed by atoms with Gasteiger partial charge in [-0.2, -0.15) is 9.49 Å². The van der Waals surface area contributed by atoms with E-state index in [0.29, 0.717) is 5.70 Å². The molecule has 0 unspecified atom stereocenters. The summed E-state index contributed by atoms with van der Waals surface area (Å²) in [5, 5.41) is 11.8. The van der Waals surface area contributed by atoms with Crippen molar-refractivity contribution in [2.24, 2.45) is 0 Å². The van der Waals surface area contributed by atoms with Crippen molar-refractivity contribution < 1.29 is 4.39 Å². The fourth-order valence-corrected chi connectivity index (χ4v) is 5.92. The maximum Gasteiger partial charge on any atom is 0.176 e. The fourth-order valence-electron chi connectivity index (χ4n) is 5.11. The zero-order chi connectivity index (χ0) is 29.4. The van der Waals surface area contributed by atoms with Crippen molar-refractivity contribution in [3.05, 3.63) is 113 Å². The molecule has 0 aliphatic carbocycles. The van der Waals surface area contributed by atoms with Gasteiger partial charge in [-0.15, -0.1) is 11.3 Å². The standard InChI is InChI=1S/C34H40FN5S/c1-7-13-28(32-15-16-33(35)41-32)23(4)24(5)37-25(6)34-29-21-30(36-22-31(29)38-39-34)27(9-3)20-26(8-2)14-12-19-40-17-10-11-18-40/h7-9,13,15-16,20-22,37H,1-2,6,10-12,14,17-19H2,3-5H3,(H,38,39)/b24-23+,26-20+,27-9+,28-13+. The summed E-state index contributed by atoms with van der Waals surface area (Å²) in [7, 11) is 0. The summed E-state index contributed by atoms with van der Waals surface area (Å²) in [6, 6.07) is 5.32. The Bertz CT molecular complexity index is 1540. The Morgan fingerprint density at radius 1 is 1.22 bits per heavy atom. The van der Waals surface area contributed by atoms with E-state index >= 15 is 0 Å². The first kappa shape index (κ1) is 30.2. The number of nitrogens with zero attached hydrogens (tertiary/aromatic N) is 3. The second-order valence-corrected chi connectivity index (χ2v) is 11.3. The van der Waals surface area contributed by atoms with E-state index in [9.17, 15) is 4.39 Å². The minimum atomic E-state index is -0.220. The summed E-state index contributed by atoms with van der Waals surface area (Å²) in [6.45, 7) is 21.8. The van der Waals surface area contributed by atoms with E-state index < -0.39 is 0 Å². The van der Waals surface area contributed by atoms with Crippen LogP contribution in [0.5, 0.6) is 0 Å². The summed E-state index contributed by atoms with van der Waals surface area (Å²) < 4.78 is 13.7. The number of aromatic nitrogens is 3. The molecule has 0 saturated carbocycles. The van der Waals surface area contributed by atoms with Gasteiger partial charge in [0, 0.05) is 16.0 Å². The highest BCUT2D eigenvalue weighted by Gasteiger charge is 2.15. The van der Waals surface area contributed by atoms with Crippen molar-refractivity contribution in [2.45, 2.75) is 46.5 Å². The van der Waals surface area contributed by atoms with Gasteiger partial charge in [-0.05, 0) is 113 Å². The predicted octanol–water partition coefficient (Wildman–Crippen LogP) is 8.67. The number of fused-ring (bicyclic) bond motifs is 1. The molecule has 1 saturated heterocycles. The lowest BCUT2D eigenvalue weighted by atomic mass is 10.0. The van der Waals surface area contributed by atoms with Crippen molar-refractivity contribution in [3.8, 4) is 0 Å². The van der Waals surface area contributed by atoms with Gasteiger partial charge in [0.2, 0.25) is 0 Å². The third kappa shape index (κ3) is 7.48. The molecule has 1 aliphatic rings. The number of rotatable bonds is 13. The van der Waals surface area contributed by atoms with Gasteiger partial charge in [0.15, 0.2) is 5.13 Å². The lowest BCUT2D eigenvalue weighted by molar-refractivity contribution is 0.334. The number of thiophene rings is 1. The van der Waals surface area contributed by atoms with Gasteiger partial charge < -0.3 is 10.2 Å². The Morgan fingerprint density at radius 3 is 2.66 bits per heavy atom. The zero-order valence-electron chi connectivity index (χ0n) is 24.4. The van der Waals surface area contributed by atoms with E-state index in [4.69, 9.17) is 4.98 Å². The minimum Gasteiger partial charge on any atom is -0.358 e. The molecule has 4 rings (SSSR count). The highest BCUT2D eigenvalue weighted by molar-refractivity contribution is 7.11. The average Bonchev–Trinajstić information content (AvgIpc) is 3.74. The molecule has 0 atom stereocenters. The van der Waals surface area contributed by atoms with E-state index in [2.05, 4.69) is 58.4 Å². The lowest BCUT2D eigenvalue weighted by Crippen LogP contribution is -2.20. The average molecular weight is 570 g/mol. The van der Waals surface area contributed by atoms with Crippen LogP contribution in [0.25, 0.3) is 27.7 Å². The summed E-state index contributed by atoms with van der Waals surface area (Å²) in [5.74, 6) is 0. The van der Waals surface area contributed by atoms with Crippen LogP contribution in [0.2, 0.25) is 0 Å². The molecule has 1 aliphatic heterocycles. The molecule has 0 spiro atoms. The maximum absolute atomic E-state index is 13.7. The summed E-state index contributed by atoms with van der Waals surface area (Å²) in [4.78, 5) is 8.11. The van der Waals surface area contributed by atoms with Gasteiger partial charge in [-0.3, -0.25) is 10.1 Å². The first-order valence-corrected chi connectivity index (χ1v) is 14.9. The quantitative estimate of drug-likeness (QED) is 0.202. The van der Waals surface area contributed by atoms with Crippen molar-refractivity contribution in [3.63, 3.8) is 0 Å². The molecule has 5 nitrogen and oxygen atoms in total. The Hall–Kier alpha value is -3.81. The van der Waals surface area contributed by atoms with Crippen LogP contribution in [0.15, 0.2) is 91.4 Å². The van der Waals surface area contributed by atoms with Crippen molar-refractivity contribution >= 4 is 39.1 Å². The fraction of sp³-hybridized carbons (Fsp3) is 0.294. The number of H-pyrrole nitrogens is 1. The monoisotopic (exact) mass is 569 g/mol. The van der Waals surface area contributed by atoms with Crippen LogP contribution >= 0.6 is 11.3 Å². The second-order valence-electron chi connectivity index (χ2n) is 10.3. The molecule has 3 aromatic rings. The molecule has 4 heterocycles. The zero-order valence-corrected chi connectivity index (χ0v) is 25.2. The summed E-state index contributed by atoms with van der Waals surface area (Å²) in [5.41, 5.74) is 8.11. The van der Waals surface area contributed by atoms with Gasteiger partial charge in [-0.1, -0.05) is 44.0 Å². The van der Waals surface area contributed by atoms with Crippen LogP contribution in [-0.2, 0) is 0 Å². The largest absolute Gasteiger partial charge is 0.358 e. The topological polar surface area (TPSA) is 56.8 Å². The Labute approximate surface area is 247 Å². The SMILES string of the molecule is C=C/C=C(\C(C)=C(/C)NC(=C)c1n[nH]c2cnc(C(/C=C(\C=C)CCCN3CCCC3)=C/C)cc12)c1ccc(F)s1. The number of pyridine rings is 1. The smallest absolute Gasteiger partial charge is 0.176 e. The van der Waals surface area contributed by atoms with Crippen molar-refractivity contribution in [1.29, 1.82) is 0 Å². The second kappa shape index (κ2) is 14.2. The molecule has 7 heteroatoms. The van der Waals surface area contributed by atoms with Gasteiger partial charge in [0.25, 0.3) is 0 Å². The molecule has 1 fully saturated rings. The number of aromatic amines is 1. The molecule has 0 bridgehead atoms. The third-order valence-corrected chi connectivity index (χ3v) is 8.42. The Balaban J connectivity index is 1.54. The lowest BCUT2D eigenvalue weighted by Gasteiger charge is -2.14. The van der Waals surface area contributed by atoms with Gasteiger partial charge in [0.05, 0.1) is 23.1 Å². The molecular formula is C34H40FN5S. The molecule has 0 aromatic carbocycles. The molecule has 41 heavy (non-hydrogen) atoms. The Morgan fingerprint density at radius 2 is 2.00 bits per heavy atom. The van der Waals surface area contributed by atoms with E-state index in [-0.39, 0.29) is 5.13 Å². The minimum absolute atomic E-state index is 0.220. The first-order chi connectivity index (χ1) is 19.8. The number of nitrogens with one attached hydrogen (secondary N) is 2. The molecular weight excluding hydrogens is 529 g/mol. The number of likely N-dealkylation sites (tertiary alicyclic amines) is 1. The molecule has 2 N–H and O–H groups in total. The number of hydrogen-bond acceptors (Lipinski definition) is 5.